The zero-order valence-electron chi connectivity index (χ0n) is 10.2. The SMILES string of the molecule is COc1cc(C=CC(=O)C=C(C)C)ccc1F. The average molecular weight is 234 g/mol. The maximum Gasteiger partial charge on any atom is 0.178 e. The summed E-state index contributed by atoms with van der Waals surface area (Å²) in [5, 5.41) is 0. The third-order valence-electron chi connectivity index (χ3n) is 2.05. The Kier molecular flexibility index (Phi) is 4.64. The normalized spacial score (nSPS) is 10.4. The standard InChI is InChI=1S/C14H15FO2/c1-10(2)8-12(16)6-4-11-5-7-13(15)14(9-11)17-3/h4-9H,1-3H3. The van der Waals surface area contributed by atoms with E-state index in [4.69, 9.17) is 4.74 Å². The lowest BCUT2D eigenvalue weighted by Gasteiger charge is -2.02. The predicted molar refractivity (Wildman–Crippen MR) is 66.4 cm³/mol. The third-order valence-corrected chi connectivity index (χ3v) is 2.05. The summed E-state index contributed by atoms with van der Waals surface area (Å²) < 4.78 is 18.0. The van der Waals surface area contributed by atoms with Gasteiger partial charge in [0, 0.05) is 0 Å². The molecule has 0 aromatic heterocycles. The van der Waals surface area contributed by atoms with Crippen LogP contribution < -0.4 is 4.74 Å². The average Bonchev–Trinajstić information content (AvgIpc) is 2.27. The highest BCUT2D eigenvalue weighted by Crippen LogP contribution is 2.18. The Morgan fingerprint density at radius 2 is 2.06 bits per heavy atom. The Morgan fingerprint density at radius 1 is 1.35 bits per heavy atom. The van der Waals surface area contributed by atoms with E-state index in [0.29, 0.717) is 0 Å². The number of methoxy groups -OCH3 is 1. The van der Waals surface area contributed by atoms with E-state index >= 15 is 0 Å². The fourth-order valence-electron chi connectivity index (χ4n) is 1.29. The van der Waals surface area contributed by atoms with Crippen LogP contribution in [0.25, 0.3) is 6.08 Å². The second kappa shape index (κ2) is 5.99. The zero-order chi connectivity index (χ0) is 12.8. The quantitative estimate of drug-likeness (QED) is 0.746. The molecular formula is C14H15FO2. The van der Waals surface area contributed by atoms with Gasteiger partial charge in [-0.1, -0.05) is 17.7 Å². The molecule has 1 rings (SSSR count). The summed E-state index contributed by atoms with van der Waals surface area (Å²) in [7, 11) is 1.40. The number of carbonyl (C=O) groups excluding carboxylic acids is 1. The number of benzene rings is 1. The van der Waals surface area contributed by atoms with Crippen LogP contribution >= 0.6 is 0 Å². The van der Waals surface area contributed by atoms with Crippen LogP contribution in [0.1, 0.15) is 19.4 Å². The summed E-state index contributed by atoms with van der Waals surface area (Å²) in [6, 6.07) is 4.44. The number of hydrogen-bond donors (Lipinski definition) is 0. The van der Waals surface area contributed by atoms with Crippen LogP contribution in [0.2, 0.25) is 0 Å². The molecule has 0 saturated carbocycles. The summed E-state index contributed by atoms with van der Waals surface area (Å²) in [4.78, 5) is 11.4. The molecule has 3 heteroatoms. The molecule has 0 aliphatic heterocycles. The molecule has 0 aliphatic rings. The molecule has 0 atom stereocenters. The van der Waals surface area contributed by atoms with E-state index < -0.39 is 5.82 Å². The van der Waals surface area contributed by atoms with Gasteiger partial charge in [0.05, 0.1) is 7.11 Å². The second-order valence-corrected chi connectivity index (χ2v) is 3.85. The first-order valence-electron chi connectivity index (χ1n) is 5.23. The van der Waals surface area contributed by atoms with E-state index in [1.807, 2.05) is 13.8 Å². The number of rotatable bonds is 4. The number of carbonyl (C=O) groups is 1. The molecule has 0 heterocycles. The maximum absolute atomic E-state index is 13.1. The summed E-state index contributed by atoms with van der Waals surface area (Å²) in [5.74, 6) is -0.338. The van der Waals surface area contributed by atoms with Crippen LogP contribution in [0, 0.1) is 5.82 Å². The highest BCUT2D eigenvalue weighted by Gasteiger charge is 2.01. The van der Waals surface area contributed by atoms with Gasteiger partial charge in [-0.15, -0.1) is 0 Å². The molecule has 0 amide bonds. The van der Waals surface area contributed by atoms with Crippen molar-refractivity contribution >= 4 is 11.9 Å². The summed E-state index contributed by atoms with van der Waals surface area (Å²) >= 11 is 0. The number of hydrogen-bond acceptors (Lipinski definition) is 2. The van der Waals surface area contributed by atoms with E-state index in [2.05, 4.69) is 0 Å². The minimum absolute atomic E-state index is 0.0895. The molecule has 0 unspecified atom stereocenters. The van der Waals surface area contributed by atoms with Gasteiger partial charge in [-0.2, -0.15) is 0 Å². The maximum atomic E-state index is 13.1. The molecule has 1 aromatic rings. The monoisotopic (exact) mass is 234 g/mol. The molecular weight excluding hydrogens is 219 g/mol. The van der Waals surface area contributed by atoms with Crippen molar-refractivity contribution in [2.45, 2.75) is 13.8 Å². The summed E-state index contributed by atoms with van der Waals surface area (Å²) in [5.41, 5.74) is 1.66. The van der Waals surface area contributed by atoms with Gasteiger partial charge in [-0.3, -0.25) is 4.79 Å². The molecule has 0 saturated heterocycles. The third kappa shape index (κ3) is 4.23. The van der Waals surface area contributed by atoms with Gasteiger partial charge in [0.1, 0.15) is 0 Å². The predicted octanol–water partition coefficient (Wildman–Crippen LogP) is 3.38. The van der Waals surface area contributed by atoms with Crippen LogP contribution in [0.5, 0.6) is 5.75 Å². The van der Waals surface area contributed by atoms with E-state index in [0.717, 1.165) is 11.1 Å². The fraction of sp³-hybridized carbons (Fsp3) is 0.214. The Labute approximate surface area is 100 Å². The van der Waals surface area contributed by atoms with E-state index in [9.17, 15) is 9.18 Å². The van der Waals surface area contributed by atoms with Crippen molar-refractivity contribution in [3.63, 3.8) is 0 Å². The number of ketones is 1. The molecule has 0 N–H and O–H groups in total. The van der Waals surface area contributed by atoms with Gasteiger partial charge in [0.25, 0.3) is 0 Å². The zero-order valence-corrected chi connectivity index (χ0v) is 10.2. The summed E-state index contributed by atoms with van der Waals surface area (Å²) in [6.45, 7) is 3.71. The van der Waals surface area contributed by atoms with E-state index in [1.54, 1.807) is 18.2 Å². The number of ether oxygens (including phenoxy) is 1. The first kappa shape index (κ1) is 13.2. The minimum atomic E-state index is -0.416. The Morgan fingerprint density at radius 3 is 2.65 bits per heavy atom. The van der Waals surface area contributed by atoms with Crippen molar-refractivity contribution < 1.29 is 13.9 Å². The molecule has 17 heavy (non-hydrogen) atoms. The van der Waals surface area contributed by atoms with Crippen LogP contribution in [0.4, 0.5) is 4.39 Å². The Balaban J connectivity index is 2.85. The smallest absolute Gasteiger partial charge is 0.178 e. The molecule has 2 nitrogen and oxygen atoms in total. The highest BCUT2D eigenvalue weighted by molar-refractivity contribution is 6.02. The van der Waals surface area contributed by atoms with Crippen molar-refractivity contribution in [1.82, 2.24) is 0 Å². The molecule has 0 fully saturated rings. The van der Waals surface area contributed by atoms with Crippen LogP contribution in [-0.2, 0) is 4.79 Å². The fourth-order valence-corrected chi connectivity index (χ4v) is 1.29. The minimum Gasteiger partial charge on any atom is -0.494 e. The summed E-state index contributed by atoms with van der Waals surface area (Å²) in [6.07, 6.45) is 4.61. The lowest BCUT2D eigenvalue weighted by atomic mass is 10.1. The molecule has 0 radical (unpaired) electrons. The van der Waals surface area contributed by atoms with Crippen molar-refractivity contribution in [2.24, 2.45) is 0 Å². The highest BCUT2D eigenvalue weighted by atomic mass is 19.1. The van der Waals surface area contributed by atoms with Crippen molar-refractivity contribution in [1.29, 1.82) is 0 Å². The first-order chi connectivity index (χ1) is 8.02. The largest absolute Gasteiger partial charge is 0.494 e. The van der Waals surface area contributed by atoms with Gasteiger partial charge in [0.15, 0.2) is 17.3 Å². The molecule has 90 valence electrons. The van der Waals surface area contributed by atoms with Crippen molar-refractivity contribution in [3.8, 4) is 5.75 Å². The van der Waals surface area contributed by atoms with Gasteiger partial charge in [0.2, 0.25) is 0 Å². The van der Waals surface area contributed by atoms with Gasteiger partial charge in [-0.05, 0) is 43.7 Å². The Hall–Kier alpha value is -1.90. The van der Waals surface area contributed by atoms with Crippen molar-refractivity contribution in [2.75, 3.05) is 7.11 Å². The lowest BCUT2D eigenvalue weighted by molar-refractivity contribution is -0.110. The van der Waals surface area contributed by atoms with Crippen LogP contribution in [0.15, 0.2) is 35.9 Å². The lowest BCUT2D eigenvalue weighted by Crippen LogP contribution is -1.89. The van der Waals surface area contributed by atoms with Crippen LogP contribution in [0.3, 0.4) is 0 Å². The van der Waals surface area contributed by atoms with Gasteiger partial charge >= 0.3 is 0 Å². The number of allylic oxidation sites excluding steroid dienone is 3. The van der Waals surface area contributed by atoms with Gasteiger partial charge < -0.3 is 4.74 Å². The van der Waals surface area contributed by atoms with Crippen molar-refractivity contribution in [3.05, 3.63) is 47.3 Å². The molecule has 0 spiro atoms. The second-order valence-electron chi connectivity index (χ2n) is 3.85. The molecule has 0 aliphatic carbocycles. The van der Waals surface area contributed by atoms with Gasteiger partial charge in [-0.25, -0.2) is 4.39 Å². The molecule has 1 aromatic carbocycles. The van der Waals surface area contributed by atoms with E-state index in [-0.39, 0.29) is 11.5 Å². The first-order valence-corrected chi connectivity index (χ1v) is 5.23. The molecule has 0 bridgehead atoms. The topological polar surface area (TPSA) is 26.3 Å². The van der Waals surface area contributed by atoms with E-state index in [1.165, 1.54) is 25.3 Å². The van der Waals surface area contributed by atoms with Crippen LogP contribution in [-0.4, -0.2) is 12.9 Å². The number of halogens is 1. The Bertz CT molecular complexity index is 469.